The number of hydrogen-bond acceptors (Lipinski definition) is 3. The number of amides is 1. The van der Waals surface area contributed by atoms with E-state index in [1.54, 1.807) is 22.4 Å². The Labute approximate surface area is 127 Å². The summed E-state index contributed by atoms with van der Waals surface area (Å²) in [6, 6.07) is 15.9. The number of hydrogen-bond donors (Lipinski definition) is 0. The summed E-state index contributed by atoms with van der Waals surface area (Å²) in [7, 11) is 1.84. The second-order valence-electron chi connectivity index (χ2n) is 4.95. The topological polar surface area (TPSA) is 33.2 Å². The van der Waals surface area contributed by atoms with Crippen LogP contribution in [0.1, 0.15) is 15.4 Å². The number of carbonyl (C=O) groups excluding carboxylic acids is 1. The second kappa shape index (κ2) is 6.06. The van der Waals surface area contributed by atoms with Crippen LogP contribution < -0.4 is 0 Å². The van der Waals surface area contributed by atoms with Gasteiger partial charge in [-0.2, -0.15) is 0 Å². The Kier molecular flexibility index (Phi) is 3.97. The standard InChI is InChI=1S/C17H16N2OS/c1-19(11-9-14-7-4-5-10-18-14)17(20)16-12-13-6-2-3-8-15(13)21-16/h2-8,10,12H,9,11H2,1H3. The fourth-order valence-corrected chi connectivity index (χ4v) is 3.26. The molecule has 0 aliphatic rings. The van der Waals surface area contributed by atoms with Gasteiger partial charge in [0.1, 0.15) is 0 Å². The molecule has 0 N–H and O–H groups in total. The minimum Gasteiger partial charge on any atom is -0.341 e. The summed E-state index contributed by atoms with van der Waals surface area (Å²) in [5.74, 6) is 0.0760. The maximum absolute atomic E-state index is 12.5. The molecule has 3 rings (SSSR count). The largest absolute Gasteiger partial charge is 0.341 e. The SMILES string of the molecule is CN(CCc1ccccn1)C(=O)c1cc2ccccc2s1. The van der Waals surface area contributed by atoms with Crippen LogP contribution in [0.2, 0.25) is 0 Å². The van der Waals surface area contributed by atoms with Gasteiger partial charge in [-0.05, 0) is 29.7 Å². The van der Waals surface area contributed by atoms with E-state index in [2.05, 4.69) is 4.98 Å². The van der Waals surface area contributed by atoms with Gasteiger partial charge in [0.2, 0.25) is 0 Å². The Morgan fingerprint density at radius 2 is 2.00 bits per heavy atom. The molecule has 1 aromatic carbocycles. The Balaban J connectivity index is 1.69. The van der Waals surface area contributed by atoms with Crippen molar-refractivity contribution >= 4 is 27.3 Å². The molecule has 2 aromatic heterocycles. The molecule has 1 amide bonds. The highest BCUT2D eigenvalue weighted by Crippen LogP contribution is 2.26. The van der Waals surface area contributed by atoms with E-state index in [4.69, 9.17) is 0 Å². The first-order chi connectivity index (χ1) is 10.2. The lowest BCUT2D eigenvalue weighted by atomic mass is 10.2. The maximum atomic E-state index is 12.5. The molecule has 0 fully saturated rings. The summed E-state index contributed by atoms with van der Waals surface area (Å²) in [5.41, 5.74) is 1.01. The average Bonchev–Trinajstić information content (AvgIpc) is 2.97. The van der Waals surface area contributed by atoms with E-state index in [-0.39, 0.29) is 5.91 Å². The molecular weight excluding hydrogens is 280 g/mol. The predicted octanol–water partition coefficient (Wildman–Crippen LogP) is 3.61. The molecule has 3 aromatic rings. The number of carbonyl (C=O) groups is 1. The molecule has 3 nitrogen and oxygen atoms in total. The van der Waals surface area contributed by atoms with Crippen molar-refractivity contribution in [3.05, 3.63) is 65.3 Å². The van der Waals surface area contributed by atoms with E-state index in [1.165, 1.54) is 0 Å². The first-order valence-corrected chi connectivity index (χ1v) is 7.69. The zero-order valence-corrected chi connectivity index (χ0v) is 12.6. The molecule has 0 aliphatic heterocycles. The van der Waals surface area contributed by atoms with Crippen molar-refractivity contribution in [2.75, 3.05) is 13.6 Å². The molecule has 21 heavy (non-hydrogen) atoms. The van der Waals surface area contributed by atoms with Crippen LogP contribution in [0.3, 0.4) is 0 Å². The zero-order chi connectivity index (χ0) is 14.7. The highest BCUT2D eigenvalue weighted by atomic mass is 32.1. The highest BCUT2D eigenvalue weighted by molar-refractivity contribution is 7.20. The number of aromatic nitrogens is 1. The van der Waals surface area contributed by atoms with Crippen molar-refractivity contribution in [2.45, 2.75) is 6.42 Å². The van der Waals surface area contributed by atoms with Gasteiger partial charge >= 0.3 is 0 Å². The smallest absolute Gasteiger partial charge is 0.263 e. The number of pyridine rings is 1. The normalized spacial score (nSPS) is 10.7. The minimum absolute atomic E-state index is 0.0760. The average molecular weight is 296 g/mol. The molecule has 0 saturated carbocycles. The van der Waals surface area contributed by atoms with Crippen LogP contribution in [0.5, 0.6) is 0 Å². The van der Waals surface area contributed by atoms with Gasteiger partial charge in [0.15, 0.2) is 0 Å². The molecule has 0 bridgehead atoms. The monoisotopic (exact) mass is 296 g/mol. The molecule has 0 spiro atoms. The van der Waals surface area contributed by atoms with Crippen LogP contribution in [-0.4, -0.2) is 29.4 Å². The van der Waals surface area contributed by atoms with Crippen molar-refractivity contribution in [1.29, 1.82) is 0 Å². The van der Waals surface area contributed by atoms with E-state index >= 15 is 0 Å². The van der Waals surface area contributed by atoms with Crippen LogP contribution in [0, 0.1) is 0 Å². The zero-order valence-electron chi connectivity index (χ0n) is 11.8. The van der Waals surface area contributed by atoms with Crippen LogP contribution in [-0.2, 0) is 6.42 Å². The third-order valence-corrected chi connectivity index (χ3v) is 4.52. The molecule has 0 saturated heterocycles. The van der Waals surface area contributed by atoms with Crippen molar-refractivity contribution in [1.82, 2.24) is 9.88 Å². The third-order valence-electron chi connectivity index (χ3n) is 3.41. The summed E-state index contributed by atoms with van der Waals surface area (Å²) < 4.78 is 1.15. The van der Waals surface area contributed by atoms with Crippen molar-refractivity contribution in [3.8, 4) is 0 Å². The van der Waals surface area contributed by atoms with Gasteiger partial charge in [-0.15, -0.1) is 11.3 Å². The Morgan fingerprint density at radius 1 is 1.19 bits per heavy atom. The van der Waals surface area contributed by atoms with Gasteiger partial charge in [0.05, 0.1) is 4.88 Å². The van der Waals surface area contributed by atoms with Crippen LogP contribution in [0.4, 0.5) is 0 Å². The van der Waals surface area contributed by atoms with Gasteiger partial charge < -0.3 is 4.90 Å². The molecule has 0 aliphatic carbocycles. The first kappa shape index (κ1) is 13.8. The second-order valence-corrected chi connectivity index (χ2v) is 6.03. The van der Waals surface area contributed by atoms with Crippen molar-refractivity contribution in [2.24, 2.45) is 0 Å². The van der Waals surface area contributed by atoms with Gasteiger partial charge in [0, 0.05) is 36.6 Å². The number of thiophene rings is 1. The van der Waals surface area contributed by atoms with E-state index in [1.807, 2.05) is 55.6 Å². The molecule has 0 atom stereocenters. The lowest BCUT2D eigenvalue weighted by Gasteiger charge is -2.15. The summed E-state index contributed by atoms with van der Waals surface area (Å²) in [5, 5.41) is 1.13. The minimum atomic E-state index is 0.0760. The maximum Gasteiger partial charge on any atom is 0.263 e. The molecular formula is C17H16N2OS. The van der Waals surface area contributed by atoms with E-state index in [0.717, 1.165) is 27.1 Å². The Hall–Kier alpha value is -2.20. The molecule has 4 heteroatoms. The number of fused-ring (bicyclic) bond motifs is 1. The predicted molar refractivity (Wildman–Crippen MR) is 86.7 cm³/mol. The molecule has 0 unspecified atom stereocenters. The van der Waals surface area contributed by atoms with Crippen LogP contribution in [0.25, 0.3) is 10.1 Å². The number of rotatable bonds is 4. The highest BCUT2D eigenvalue weighted by Gasteiger charge is 2.14. The summed E-state index contributed by atoms with van der Waals surface area (Å²) in [4.78, 5) is 19.3. The number of nitrogens with zero attached hydrogens (tertiary/aromatic N) is 2. The van der Waals surface area contributed by atoms with Gasteiger partial charge in [-0.3, -0.25) is 9.78 Å². The van der Waals surface area contributed by atoms with Gasteiger partial charge in [-0.25, -0.2) is 0 Å². The van der Waals surface area contributed by atoms with E-state index in [9.17, 15) is 4.79 Å². The summed E-state index contributed by atoms with van der Waals surface area (Å²) >= 11 is 1.55. The first-order valence-electron chi connectivity index (χ1n) is 6.88. The number of likely N-dealkylation sites (N-methyl/N-ethyl adjacent to an activating group) is 1. The lowest BCUT2D eigenvalue weighted by Crippen LogP contribution is -2.28. The van der Waals surface area contributed by atoms with Crippen molar-refractivity contribution in [3.63, 3.8) is 0 Å². The van der Waals surface area contributed by atoms with Crippen molar-refractivity contribution < 1.29 is 4.79 Å². The lowest BCUT2D eigenvalue weighted by molar-refractivity contribution is 0.0801. The Morgan fingerprint density at radius 3 is 2.76 bits per heavy atom. The molecule has 2 heterocycles. The van der Waals surface area contributed by atoms with Crippen LogP contribution in [0.15, 0.2) is 54.7 Å². The van der Waals surface area contributed by atoms with Gasteiger partial charge in [0.25, 0.3) is 5.91 Å². The third kappa shape index (κ3) is 3.11. The summed E-state index contributed by atoms with van der Waals surface area (Å²) in [6.45, 7) is 0.671. The van der Waals surface area contributed by atoms with Crippen LogP contribution >= 0.6 is 11.3 Å². The fraction of sp³-hybridized carbons (Fsp3) is 0.176. The number of benzene rings is 1. The quantitative estimate of drug-likeness (QED) is 0.737. The van der Waals surface area contributed by atoms with Gasteiger partial charge in [-0.1, -0.05) is 24.3 Å². The molecule has 106 valence electrons. The van der Waals surface area contributed by atoms with E-state index < -0.39 is 0 Å². The molecule has 0 radical (unpaired) electrons. The Bertz CT molecular complexity index is 719. The van der Waals surface area contributed by atoms with E-state index in [0.29, 0.717) is 6.54 Å². The fourth-order valence-electron chi connectivity index (χ4n) is 2.21. The summed E-state index contributed by atoms with van der Waals surface area (Å²) in [6.07, 6.45) is 2.55.